The lowest BCUT2D eigenvalue weighted by Crippen LogP contribution is -2.42. The number of aliphatic carboxylic acids is 1. The molecule has 0 fully saturated rings. The van der Waals surface area contributed by atoms with Crippen LogP contribution in [-0.4, -0.2) is 25.5 Å². The standard InChI is InChI=1S/C11H22O3Si/c1-9(7-8-10(12)13)14-15(5,6)11(2,3)4/h7-9H,1-6H3,(H,12,13)/b8-7+. The molecule has 0 saturated heterocycles. The highest BCUT2D eigenvalue weighted by atomic mass is 28.4. The van der Waals surface area contributed by atoms with Crippen LogP contribution in [0.3, 0.4) is 0 Å². The van der Waals surface area contributed by atoms with E-state index < -0.39 is 14.3 Å². The molecule has 0 radical (unpaired) electrons. The summed E-state index contributed by atoms with van der Waals surface area (Å²) in [4.78, 5) is 10.3. The molecule has 0 aromatic heterocycles. The molecule has 0 rings (SSSR count). The van der Waals surface area contributed by atoms with Gasteiger partial charge in [-0.1, -0.05) is 26.8 Å². The number of hydrogen-bond donors (Lipinski definition) is 1. The van der Waals surface area contributed by atoms with E-state index in [2.05, 4.69) is 33.9 Å². The Hall–Kier alpha value is -0.613. The summed E-state index contributed by atoms with van der Waals surface area (Å²) in [5, 5.41) is 8.64. The topological polar surface area (TPSA) is 46.5 Å². The van der Waals surface area contributed by atoms with Crippen LogP contribution in [-0.2, 0) is 9.22 Å². The van der Waals surface area contributed by atoms with E-state index in [0.29, 0.717) is 0 Å². The fraction of sp³-hybridized carbons (Fsp3) is 0.727. The van der Waals surface area contributed by atoms with Crippen molar-refractivity contribution in [3.8, 4) is 0 Å². The molecule has 0 aromatic carbocycles. The number of rotatable bonds is 4. The van der Waals surface area contributed by atoms with Gasteiger partial charge in [-0.25, -0.2) is 4.79 Å². The van der Waals surface area contributed by atoms with Crippen LogP contribution in [0.15, 0.2) is 12.2 Å². The first-order valence-electron chi connectivity index (χ1n) is 5.15. The Labute approximate surface area is 93.3 Å². The van der Waals surface area contributed by atoms with Crippen molar-refractivity contribution in [3.63, 3.8) is 0 Å². The maximum absolute atomic E-state index is 10.3. The van der Waals surface area contributed by atoms with E-state index in [4.69, 9.17) is 9.53 Å². The van der Waals surface area contributed by atoms with Crippen molar-refractivity contribution in [2.45, 2.75) is 51.9 Å². The van der Waals surface area contributed by atoms with Crippen molar-refractivity contribution < 1.29 is 14.3 Å². The zero-order valence-electron chi connectivity index (χ0n) is 10.5. The molecule has 0 bridgehead atoms. The van der Waals surface area contributed by atoms with Crippen LogP contribution in [0.25, 0.3) is 0 Å². The second kappa shape index (κ2) is 4.94. The van der Waals surface area contributed by atoms with Gasteiger partial charge >= 0.3 is 5.97 Å². The molecule has 0 amide bonds. The highest BCUT2D eigenvalue weighted by Gasteiger charge is 2.37. The first-order valence-corrected chi connectivity index (χ1v) is 8.06. The Kier molecular flexibility index (Phi) is 4.74. The first-order chi connectivity index (χ1) is 6.56. The van der Waals surface area contributed by atoms with Crippen molar-refractivity contribution in [3.05, 3.63) is 12.2 Å². The second-order valence-corrected chi connectivity index (χ2v) is 10.0. The largest absolute Gasteiger partial charge is 0.478 e. The third-order valence-electron chi connectivity index (χ3n) is 2.80. The number of carboxylic acids is 1. The summed E-state index contributed by atoms with van der Waals surface area (Å²) in [6.07, 6.45) is 2.59. The van der Waals surface area contributed by atoms with Crippen LogP contribution in [0.2, 0.25) is 18.1 Å². The summed E-state index contributed by atoms with van der Waals surface area (Å²) in [6, 6.07) is 0. The minimum absolute atomic E-state index is 0.137. The van der Waals surface area contributed by atoms with Gasteiger partial charge in [0.05, 0.1) is 6.10 Å². The van der Waals surface area contributed by atoms with Crippen molar-refractivity contribution in [1.29, 1.82) is 0 Å². The summed E-state index contributed by atoms with van der Waals surface area (Å²) < 4.78 is 5.94. The number of carbonyl (C=O) groups is 1. The van der Waals surface area contributed by atoms with Crippen molar-refractivity contribution in [2.24, 2.45) is 0 Å². The van der Waals surface area contributed by atoms with Gasteiger partial charge in [0.1, 0.15) is 0 Å². The third kappa shape index (κ3) is 5.13. The molecule has 4 heteroatoms. The molecule has 1 N–H and O–H groups in total. The summed E-state index contributed by atoms with van der Waals surface area (Å²) >= 11 is 0. The van der Waals surface area contributed by atoms with Crippen LogP contribution in [0.4, 0.5) is 0 Å². The Morgan fingerprint density at radius 1 is 1.40 bits per heavy atom. The average molecular weight is 230 g/mol. The van der Waals surface area contributed by atoms with E-state index in [0.717, 1.165) is 6.08 Å². The molecule has 1 unspecified atom stereocenters. The highest BCUT2D eigenvalue weighted by Crippen LogP contribution is 2.37. The van der Waals surface area contributed by atoms with Crippen molar-refractivity contribution in [2.75, 3.05) is 0 Å². The summed E-state index contributed by atoms with van der Waals surface area (Å²) in [5.41, 5.74) is 0. The maximum atomic E-state index is 10.3. The van der Waals surface area contributed by atoms with Crippen molar-refractivity contribution >= 4 is 14.3 Å². The van der Waals surface area contributed by atoms with Gasteiger partial charge in [0.25, 0.3) is 0 Å². The SMILES string of the molecule is CC(/C=C/C(=O)O)O[Si](C)(C)C(C)(C)C. The lowest BCUT2D eigenvalue weighted by atomic mass is 10.2. The van der Waals surface area contributed by atoms with Crippen LogP contribution in [0.5, 0.6) is 0 Å². The monoisotopic (exact) mass is 230 g/mol. The molecule has 0 aromatic rings. The van der Waals surface area contributed by atoms with E-state index in [1.54, 1.807) is 6.08 Å². The Morgan fingerprint density at radius 2 is 1.87 bits per heavy atom. The van der Waals surface area contributed by atoms with E-state index in [-0.39, 0.29) is 11.1 Å². The highest BCUT2D eigenvalue weighted by molar-refractivity contribution is 6.74. The molecule has 0 aliphatic rings. The second-order valence-electron chi connectivity index (χ2n) is 5.28. The number of carboxylic acid groups (broad SMARTS) is 1. The number of hydrogen-bond acceptors (Lipinski definition) is 2. The molecular weight excluding hydrogens is 208 g/mol. The van der Waals surface area contributed by atoms with Crippen LogP contribution in [0.1, 0.15) is 27.7 Å². The van der Waals surface area contributed by atoms with E-state index in [1.165, 1.54) is 0 Å². The lowest BCUT2D eigenvalue weighted by Gasteiger charge is -2.37. The van der Waals surface area contributed by atoms with Gasteiger partial charge in [0, 0.05) is 6.08 Å². The van der Waals surface area contributed by atoms with Gasteiger partial charge in [-0.15, -0.1) is 0 Å². The van der Waals surface area contributed by atoms with Gasteiger partial charge in [-0.2, -0.15) is 0 Å². The Balaban J connectivity index is 4.41. The third-order valence-corrected chi connectivity index (χ3v) is 7.37. The predicted octanol–water partition coefficient (Wildman–Crippen LogP) is 3.04. The molecule has 15 heavy (non-hydrogen) atoms. The lowest BCUT2D eigenvalue weighted by molar-refractivity contribution is -0.131. The molecule has 1 atom stereocenters. The molecule has 0 aliphatic heterocycles. The minimum atomic E-state index is -1.78. The molecule has 0 spiro atoms. The Morgan fingerprint density at radius 3 is 2.20 bits per heavy atom. The smallest absolute Gasteiger partial charge is 0.328 e. The van der Waals surface area contributed by atoms with Crippen LogP contribution < -0.4 is 0 Å². The Bertz CT molecular complexity index is 251. The van der Waals surface area contributed by atoms with Crippen LogP contribution >= 0.6 is 0 Å². The zero-order chi connectivity index (χ0) is 12.3. The van der Waals surface area contributed by atoms with Gasteiger partial charge in [0.2, 0.25) is 0 Å². The molecule has 88 valence electrons. The summed E-state index contributed by atoms with van der Waals surface area (Å²) in [5.74, 6) is -0.930. The average Bonchev–Trinajstić information content (AvgIpc) is 1.97. The van der Waals surface area contributed by atoms with E-state index in [1.807, 2.05) is 6.92 Å². The van der Waals surface area contributed by atoms with Gasteiger partial charge in [-0.3, -0.25) is 0 Å². The molecule has 0 aliphatic carbocycles. The van der Waals surface area contributed by atoms with Crippen molar-refractivity contribution in [1.82, 2.24) is 0 Å². The maximum Gasteiger partial charge on any atom is 0.328 e. The molecule has 0 heterocycles. The summed E-state index contributed by atoms with van der Waals surface area (Å²) in [7, 11) is -1.78. The van der Waals surface area contributed by atoms with Gasteiger partial charge in [0.15, 0.2) is 8.32 Å². The molecule has 3 nitrogen and oxygen atoms in total. The van der Waals surface area contributed by atoms with E-state index in [9.17, 15) is 4.79 Å². The normalized spacial score (nSPS) is 15.6. The van der Waals surface area contributed by atoms with Crippen LogP contribution in [0, 0.1) is 0 Å². The molecule has 0 saturated carbocycles. The fourth-order valence-corrected chi connectivity index (χ4v) is 2.26. The fourth-order valence-electron chi connectivity index (χ4n) is 0.899. The molecular formula is C11H22O3Si. The first kappa shape index (κ1) is 14.4. The van der Waals surface area contributed by atoms with Gasteiger partial charge in [-0.05, 0) is 25.1 Å². The minimum Gasteiger partial charge on any atom is -0.478 e. The predicted molar refractivity (Wildman–Crippen MR) is 64.5 cm³/mol. The van der Waals surface area contributed by atoms with Gasteiger partial charge < -0.3 is 9.53 Å². The quantitative estimate of drug-likeness (QED) is 0.596. The zero-order valence-corrected chi connectivity index (χ0v) is 11.5. The summed E-state index contributed by atoms with van der Waals surface area (Å²) in [6.45, 7) is 12.7. The van der Waals surface area contributed by atoms with E-state index >= 15 is 0 Å².